The zero-order valence-corrected chi connectivity index (χ0v) is 42.1. The Kier molecular flexibility index (Phi) is 15.1. The average molecular weight is 1000 g/mol. The van der Waals surface area contributed by atoms with Gasteiger partial charge in [-0.25, -0.2) is 4.79 Å². The van der Waals surface area contributed by atoms with Gasteiger partial charge in [0, 0.05) is 86.3 Å². The number of ether oxygens (including phenoxy) is 5. The number of amides is 4. The smallest absolute Gasteiger partial charge is 0.333 e. The third-order valence-electron chi connectivity index (χ3n) is 14.2. The van der Waals surface area contributed by atoms with Crippen molar-refractivity contribution in [2.75, 3.05) is 61.3 Å². The maximum atomic E-state index is 14.2. The van der Waals surface area contributed by atoms with Gasteiger partial charge in [-0.2, -0.15) is 0 Å². The Bertz CT molecular complexity index is 2990. The Hall–Kier alpha value is -7.56. The lowest BCUT2D eigenvalue weighted by atomic mass is 9.99. The normalized spacial score (nSPS) is 17.3. The van der Waals surface area contributed by atoms with Crippen molar-refractivity contribution < 1.29 is 52.5 Å². The summed E-state index contributed by atoms with van der Waals surface area (Å²) in [4.78, 5) is 81.6. The molecule has 0 aliphatic carbocycles. The lowest BCUT2D eigenvalue weighted by Gasteiger charge is -2.26. The van der Waals surface area contributed by atoms with Gasteiger partial charge in [0.1, 0.15) is 19.0 Å². The Morgan fingerprint density at radius 3 is 2.09 bits per heavy atom. The first-order valence-corrected chi connectivity index (χ1v) is 25.6. The number of para-hydroxylation sites is 2. The third-order valence-corrected chi connectivity index (χ3v) is 14.2. The first kappa shape index (κ1) is 50.0. The predicted octanol–water partition coefficient (Wildman–Crippen LogP) is 8.60. The van der Waals surface area contributed by atoms with Crippen molar-refractivity contribution in [2.24, 2.45) is 4.99 Å². The van der Waals surface area contributed by atoms with Crippen LogP contribution in [0.4, 0.5) is 22.7 Å². The van der Waals surface area contributed by atoms with Crippen LogP contribution in [0.25, 0.3) is 0 Å². The quantitative estimate of drug-likeness (QED) is 0.0509. The molecule has 0 bridgehead atoms. The van der Waals surface area contributed by atoms with Gasteiger partial charge in [-0.1, -0.05) is 43.3 Å². The Labute approximate surface area is 430 Å². The van der Waals surface area contributed by atoms with Crippen LogP contribution in [0.1, 0.15) is 99.5 Å². The van der Waals surface area contributed by atoms with Crippen molar-refractivity contribution in [3.63, 3.8) is 0 Å². The van der Waals surface area contributed by atoms with Crippen LogP contribution in [-0.2, 0) is 61.2 Å². The molecule has 5 heterocycles. The Morgan fingerprint density at radius 1 is 0.689 bits per heavy atom. The maximum Gasteiger partial charge on any atom is 0.333 e. The van der Waals surface area contributed by atoms with Crippen LogP contribution < -0.4 is 28.9 Å². The molecule has 4 amide bonds. The number of nitrogens with zero attached hydrogens (tertiary/aromatic N) is 5. The number of hydrogen-bond acceptors (Lipinski definition) is 13. The molecule has 0 spiro atoms. The largest absolute Gasteiger partial charge is 0.493 e. The minimum absolute atomic E-state index is 0.0112. The molecule has 1 fully saturated rings. The summed E-state index contributed by atoms with van der Waals surface area (Å²) in [6.45, 7) is 6.96. The maximum absolute atomic E-state index is 14.2. The molecule has 16 nitrogen and oxygen atoms in total. The molecule has 0 radical (unpaired) electrons. The lowest BCUT2D eigenvalue weighted by Crippen LogP contribution is -2.37. The Balaban J connectivity index is 0.918. The van der Waals surface area contributed by atoms with E-state index in [0.29, 0.717) is 97.9 Å². The van der Waals surface area contributed by atoms with Crippen LogP contribution in [0.5, 0.6) is 17.2 Å². The number of rotatable bonds is 21. The number of imide groups is 1. The topological polar surface area (TPSA) is 166 Å². The van der Waals surface area contributed by atoms with Crippen LogP contribution in [0.15, 0.2) is 96.0 Å². The minimum atomic E-state index is -0.678. The van der Waals surface area contributed by atoms with E-state index in [4.69, 9.17) is 33.5 Å². The second-order valence-corrected chi connectivity index (χ2v) is 19.3. The highest BCUT2D eigenvalue weighted by molar-refractivity contribution is 6.14. The molecule has 2 atom stereocenters. The van der Waals surface area contributed by atoms with Gasteiger partial charge in [-0.05, 0) is 121 Å². The molecular formula is C58H61N5O11. The average Bonchev–Trinajstić information content (AvgIpc) is 4.04. The molecule has 5 aromatic carbocycles. The Morgan fingerprint density at radius 2 is 1.36 bits per heavy atom. The number of hydrogen-bond donors (Lipinski definition) is 0. The van der Waals surface area contributed by atoms with Gasteiger partial charge in [-0.3, -0.25) is 29.1 Å². The summed E-state index contributed by atoms with van der Waals surface area (Å²) in [5, 5.41) is 0.571. The third kappa shape index (κ3) is 10.6. The molecule has 74 heavy (non-hydrogen) atoms. The van der Waals surface area contributed by atoms with E-state index in [9.17, 15) is 24.0 Å². The van der Waals surface area contributed by atoms with Crippen molar-refractivity contribution in [3.8, 4) is 17.2 Å². The van der Waals surface area contributed by atoms with Crippen LogP contribution in [-0.4, -0.2) is 99.6 Å². The van der Waals surface area contributed by atoms with Gasteiger partial charge < -0.3 is 38.3 Å². The molecule has 0 unspecified atom stereocenters. The number of benzene rings is 5. The second-order valence-electron chi connectivity index (χ2n) is 19.3. The van der Waals surface area contributed by atoms with E-state index < -0.39 is 17.8 Å². The van der Waals surface area contributed by atoms with Crippen molar-refractivity contribution in [1.29, 1.82) is 0 Å². The van der Waals surface area contributed by atoms with Gasteiger partial charge >= 0.3 is 5.97 Å². The molecule has 16 heteroatoms. The molecule has 384 valence electrons. The van der Waals surface area contributed by atoms with Gasteiger partial charge in [-0.15, -0.1) is 5.06 Å². The van der Waals surface area contributed by atoms with Gasteiger partial charge in [0.15, 0.2) is 11.5 Å². The number of carbonyl (C=O) groups excluding carboxylic acids is 5. The van der Waals surface area contributed by atoms with E-state index in [0.717, 1.165) is 64.1 Å². The van der Waals surface area contributed by atoms with E-state index in [2.05, 4.69) is 24.0 Å². The highest BCUT2D eigenvalue weighted by atomic mass is 16.7. The minimum Gasteiger partial charge on any atom is -0.493 e. The summed E-state index contributed by atoms with van der Waals surface area (Å²) in [6, 6.07) is 29.4. The second kappa shape index (κ2) is 22.3. The monoisotopic (exact) mass is 1000 g/mol. The molecule has 1 saturated heterocycles. The van der Waals surface area contributed by atoms with E-state index in [-0.39, 0.29) is 56.4 Å². The molecule has 0 aromatic heterocycles. The summed E-state index contributed by atoms with van der Waals surface area (Å²) in [6.07, 6.45) is 6.08. The summed E-state index contributed by atoms with van der Waals surface area (Å²) in [5.41, 5.74) is 9.91. The van der Waals surface area contributed by atoms with E-state index in [1.54, 1.807) is 13.2 Å². The summed E-state index contributed by atoms with van der Waals surface area (Å²) >= 11 is 0. The first-order valence-electron chi connectivity index (χ1n) is 25.6. The molecule has 5 aliphatic rings. The summed E-state index contributed by atoms with van der Waals surface area (Å²) in [7, 11) is 1.57. The molecule has 0 saturated carbocycles. The highest BCUT2D eigenvalue weighted by Gasteiger charge is 2.39. The van der Waals surface area contributed by atoms with Crippen LogP contribution in [0.3, 0.4) is 0 Å². The highest BCUT2D eigenvalue weighted by Crippen LogP contribution is 2.42. The van der Waals surface area contributed by atoms with Crippen LogP contribution in [0, 0.1) is 6.92 Å². The fourth-order valence-corrected chi connectivity index (χ4v) is 10.5. The molecule has 5 aliphatic heterocycles. The molecule has 0 N–H and O–H groups in total. The molecule has 10 rings (SSSR count). The number of aliphatic imine (C=N–C) groups is 1. The van der Waals surface area contributed by atoms with Gasteiger partial charge in [0.25, 0.3) is 23.6 Å². The van der Waals surface area contributed by atoms with E-state index >= 15 is 0 Å². The van der Waals surface area contributed by atoms with Crippen molar-refractivity contribution in [1.82, 2.24) is 5.06 Å². The van der Waals surface area contributed by atoms with Gasteiger partial charge in [0.05, 0.1) is 44.2 Å². The number of anilines is 3. The van der Waals surface area contributed by atoms with Crippen LogP contribution >= 0.6 is 0 Å². The number of aryl methyl sites for hydroxylation is 2. The number of fused-ring (bicyclic) bond motifs is 8. The first-order chi connectivity index (χ1) is 36.1. The van der Waals surface area contributed by atoms with Crippen molar-refractivity contribution >= 4 is 58.6 Å². The van der Waals surface area contributed by atoms with E-state index in [1.807, 2.05) is 95.7 Å². The van der Waals surface area contributed by atoms with Gasteiger partial charge in [0.2, 0.25) is 0 Å². The predicted molar refractivity (Wildman–Crippen MR) is 278 cm³/mol. The molecular weight excluding hydrogens is 943 g/mol. The number of methoxy groups -OCH3 is 1. The zero-order valence-electron chi connectivity index (χ0n) is 42.1. The zero-order chi connectivity index (χ0) is 51.3. The fraction of sp³-hybridized carbons (Fsp3) is 0.379. The number of hydroxylamine groups is 2. The fourth-order valence-electron chi connectivity index (χ4n) is 10.5. The standard InChI is InChI=1S/C58H61N5O11/c1-4-21-70-23-24-71-22-20-60(19-9-14-56(66)74-63-54(64)17-18-55(63)65)44-27-38(35-72-51-33-48-47(25-37(51)2)58(68)62-45(34-59-48)30-42-11-6-8-13-50(42)62)26-39(28-44)36-73-53-31-40-15-16-43-29-41-10-5-7-12-49(41)61(43)57(67)46(40)32-52(53)69-3/h5-8,10-13,25-28,31-34,43,45H,4,9,14-24,29-30,35-36H2,1-3H3/t43-,45+/m1/s1. The van der Waals surface area contributed by atoms with E-state index in [1.165, 1.54) is 5.56 Å². The van der Waals surface area contributed by atoms with Crippen molar-refractivity contribution in [3.05, 3.63) is 136 Å². The lowest BCUT2D eigenvalue weighted by molar-refractivity contribution is -0.197. The van der Waals surface area contributed by atoms with Crippen molar-refractivity contribution in [2.45, 2.75) is 96.9 Å². The SMILES string of the molecule is CCCOCCOCCN(CCCC(=O)ON1C(=O)CCC1=O)c1cc(COc2cc3c(cc2C)C(=O)N2c4ccccc4C[C@H]2C=N3)cc(COc2cc3c(cc2OC)C(=O)N2c4ccccc4C[C@H]2CC3)c1. The summed E-state index contributed by atoms with van der Waals surface area (Å²) < 4.78 is 30.8. The summed E-state index contributed by atoms with van der Waals surface area (Å²) in [5.74, 6) is -0.363. The number of carbonyl (C=O) groups is 5. The van der Waals surface area contributed by atoms with Crippen LogP contribution in [0.2, 0.25) is 0 Å². The molecule has 5 aromatic rings.